The number of rotatable bonds is 3. The van der Waals surface area contributed by atoms with Crippen LogP contribution in [0.1, 0.15) is 12.5 Å². The molecule has 3 nitrogen and oxygen atoms in total. The Morgan fingerprint density at radius 3 is 2.15 bits per heavy atom. The van der Waals surface area contributed by atoms with Crippen molar-refractivity contribution in [1.29, 1.82) is 0 Å². The van der Waals surface area contributed by atoms with E-state index in [1.807, 2.05) is 31.2 Å². The number of nitrogens with zero attached hydrogens (tertiary/aromatic N) is 2. The summed E-state index contributed by atoms with van der Waals surface area (Å²) in [5.41, 5.74) is 2.72. The zero-order valence-corrected chi connectivity index (χ0v) is 11.2. The third kappa shape index (κ3) is 2.03. The number of benzene rings is 2. The van der Waals surface area contributed by atoms with Crippen molar-refractivity contribution in [2.24, 2.45) is 0 Å². The molecule has 1 aromatic heterocycles. The third-order valence-electron chi connectivity index (χ3n) is 3.50. The highest BCUT2D eigenvalue weighted by Crippen LogP contribution is 2.14. The van der Waals surface area contributed by atoms with Gasteiger partial charge in [0.2, 0.25) is 0 Å². The van der Waals surface area contributed by atoms with Crippen LogP contribution in [-0.4, -0.2) is 9.13 Å². The molecule has 4 heteroatoms. The minimum Gasteiger partial charge on any atom is -0.292 e. The van der Waals surface area contributed by atoms with Gasteiger partial charge in [-0.1, -0.05) is 24.3 Å². The molecule has 20 heavy (non-hydrogen) atoms. The summed E-state index contributed by atoms with van der Waals surface area (Å²) in [7, 11) is 0. The summed E-state index contributed by atoms with van der Waals surface area (Å²) in [5, 5.41) is 0. The molecular weight excluding hydrogens is 255 g/mol. The summed E-state index contributed by atoms with van der Waals surface area (Å²) in [4.78, 5) is 12.4. The monoisotopic (exact) mass is 270 g/mol. The van der Waals surface area contributed by atoms with Crippen LogP contribution in [-0.2, 0) is 13.1 Å². The van der Waals surface area contributed by atoms with Crippen LogP contribution < -0.4 is 5.69 Å². The number of halogens is 1. The predicted octanol–water partition coefficient (Wildman–Crippen LogP) is 3.01. The maximum atomic E-state index is 12.9. The first-order chi connectivity index (χ1) is 9.70. The molecule has 0 N–H and O–H groups in total. The van der Waals surface area contributed by atoms with Gasteiger partial charge in [0.15, 0.2) is 0 Å². The van der Waals surface area contributed by atoms with Gasteiger partial charge in [-0.15, -0.1) is 0 Å². The standard InChI is InChI=1S/C16H15FN2O/c1-2-18-14-5-3-4-6-15(14)19(16(18)20)11-12-7-9-13(17)10-8-12/h3-10H,2,11H2,1H3. The molecule has 102 valence electrons. The maximum Gasteiger partial charge on any atom is 0.329 e. The second kappa shape index (κ2) is 4.96. The van der Waals surface area contributed by atoms with Crippen LogP contribution in [0.15, 0.2) is 53.3 Å². The van der Waals surface area contributed by atoms with E-state index in [1.54, 1.807) is 21.3 Å². The molecule has 0 saturated carbocycles. The van der Waals surface area contributed by atoms with E-state index in [4.69, 9.17) is 0 Å². The fourth-order valence-corrected chi connectivity index (χ4v) is 2.50. The molecule has 0 amide bonds. The molecule has 0 atom stereocenters. The van der Waals surface area contributed by atoms with E-state index >= 15 is 0 Å². The summed E-state index contributed by atoms with van der Waals surface area (Å²) < 4.78 is 16.4. The van der Waals surface area contributed by atoms with Gasteiger partial charge in [0.1, 0.15) is 5.82 Å². The van der Waals surface area contributed by atoms with E-state index in [9.17, 15) is 9.18 Å². The van der Waals surface area contributed by atoms with Crippen LogP contribution in [0.4, 0.5) is 4.39 Å². The lowest BCUT2D eigenvalue weighted by Crippen LogP contribution is -2.24. The number of para-hydroxylation sites is 2. The molecule has 1 heterocycles. The Hall–Kier alpha value is -2.36. The lowest BCUT2D eigenvalue weighted by atomic mass is 10.2. The third-order valence-corrected chi connectivity index (χ3v) is 3.50. The summed E-state index contributed by atoms with van der Waals surface area (Å²) in [6.45, 7) is 3.04. The van der Waals surface area contributed by atoms with Gasteiger partial charge in [-0.05, 0) is 36.8 Å². The van der Waals surface area contributed by atoms with Crippen LogP contribution in [0, 0.1) is 5.82 Å². The van der Waals surface area contributed by atoms with Crippen LogP contribution in [0.5, 0.6) is 0 Å². The van der Waals surface area contributed by atoms with E-state index < -0.39 is 0 Å². The Labute approximate surface area is 115 Å². The van der Waals surface area contributed by atoms with Crippen molar-refractivity contribution < 1.29 is 4.39 Å². The number of imidazole rings is 1. The van der Waals surface area contributed by atoms with Crippen LogP contribution in [0.2, 0.25) is 0 Å². The molecule has 0 aliphatic carbocycles. The van der Waals surface area contributed by atoms with Crippen molar-refractivity contribution in [3.05, 3.63) is 70.4 Å². The van der Waals surface area contributed by atoms with Crippen molar-refractivity contribution in [3.63, 3.8) is 0 Å². The largest absolute Gasteiger partial charge is 0.329 e. The lowest BCUT2D eigenvalue weighted by molar-refractivity contribution is 0.625. The normalized spacial score (nSPS) is 11.1. The molecule has 2 aromatic carbocycles. The molecule has 0 radical (unpaired) electrons. The first-order valence-corrected chi connectivity index (χ1v) is 6.63. The zero-order valence-electron chi connectivity index (χ0n) is 11.2. The molecule has 0 aliphatic rings. The second-order valence-corrected chi connectivity index (χ2v) is 4.73. The summed E-state index contributed by atoms with van der Waals surface area (Å²) in [6.07, 6.45) is 0. The molecular formula is C16H15FN2O. The van der Waals surface area contributed by atoms with E-state index in [1.165, 1.54) is 12.1 Å². The number of fused-ring (bicyclic) bond motifs is 1. The summed E-state index contributed by atoms with van der Waals surface area (Å²) in [5.74, 6) is -0.267. The van der Waals surface area contributed by atoms with Crippen molar-refractivity contribution >= 4 is 11.0 Å². The number of aromatic nitrogens is 2. The Kier molecular flexibility index (Phi) is 3.14. The molecule has 3 aromatic rings. The van der Waals surface area contributed by atoms with Crippen molar-refractivity contribution in [2.75, 3.05) is 0 Å². The van der Waals surface area contributed by atoms with Crippen LogP contribution in [0.25, 0.3) is 11.0 Å². The van der Waals surface area contributed by atoms with Crippen molar-refractivity contribution in [1.82, 2.24) is 9.13 Å². The minimum absolute atomic E-state index is 0.0296. The average molecular weight is 270 g/mol. The highest BCUT2D eigenvalue weighted by Gasteiger charge is 2.11. The summed E-state index contributed by atoms with van der Waals surface area (Å²) >= 11 is 0. The molecule has 0 aliphatic heterocycles. The van der Waals surface area contributed by atoms with Gasteiger partial charge in [0.05, 0.1) is 17.6 Å². The Morgan fingerprint density at radius 1 is 0.950 bits per heavy atom. The minimum atomic E-state index is -0.267. The topological polar surface area (TPSA) is 26.9 Å². The molecule has 3 rings (SSSR count). The Morgan fingerprint density at radius 2 is 1.55 bits per heavy atom. The second-order valence-electron chi connectivity index (χ2n) is 4.73. The van der Waals surface area contributed by atoms with E-state index in [2.05, 4.69) is 0 Å². The van der Waals surface area contributed by atoms with E-state index in [-0.39, 0.29) is 11.5 Å². The molecule has 0 unspecified atom stereocenters. The van der Waals surface area contributed by atoms with Crippen LogP contribution in [0.3, 0.4) is 0 Å². The van der Waals surface area contributed by atoms with E-state index in [0.29, 0.717) is 13.1 Å². The van der Waals surface area contributed by atoms with Gasteiger partial charge < -0.3 is 0 Å². The van der Waals surface area contributed by atoms with Gasteiger partial charge in [-0.2, -0.15) is 0 Å². The first-order valence-electron chi connectivity index (χ1n) is 6.63. The molecule has 0 bridgehead atoms. The highest BCUT2D eigenvalue weighted by molar-refractivity contribution is 5.76. The number of hydrogen-bond acceptors (Lipinski definition) is 1. The zero-order chi connectivity index (χ0) is 14.1. The molecule has 0 saturated heterocycles. The smallest absolute Gasteiger partial charge is 0.292 e. The average Bonchev–Trinajstić information content (AvgIpc) is 2.74. The number of aryl methyl sites for hydroxylation is 1. The fourth-order valence-electron chi connectivity index (χ4n) is 2.50. The SMILES string of the molecule is CCn1c(=O)n(Cc2ccc(F)cc2)c2ccccc21. The highest BCUT2D eigenvalue weighted by atomic mass is 19.1. The van der Waals surface area contributed by atoms with Gasteiger partial charge in [-0.25, -0.2) is 9.18 Å². The lowest BCUT2D eigenvalue weighted by Gasteiger charge is -2.03. The predicted molar refractivity (Wildman–Crippen MR) is 77.4 cm³/mol. The van der Waals surface area contributed by atoms with Crippen molar-refractivity contribution in [3.8, 4) is 0 Å². The first kappa shape index (κ1) is 12.7. The van der Waals surface area contributed by atoms with Gasteiger partial charge >= 0.3 is 5.69 Å². The number of hydrogen-bond donors (Lipinski definition) is 0. The van der Waals surface area contributed by atoms with E-state index in [0.717, 1.165) is 16.6 Å². The van der Waals surface area contributed by atoms with Gasteiger partial charge in [-0.3, -0.25) is 9.13 Å². The van der Waals surface area contributed by atoms with Crippen LogP contribution >= 0.6 is 0 Å². The fraction of sp³-hybridized carbons (Fsp3) is 0.188. The van der Waals surface area contributed by atoms with Gasteiger partial charge in [0, 0.05) is 6.54 Å². The maximum absolute atomic E-state index is 12.9. The van der Waals surface area contributed by atoms with Gasteiger partial charge in [0.25, 0.3) is 0 Å². The quantitative estimate of drug-likeness (QED) is 0.718. The molecule has 0 fully saturated rings. The van der Waals surface area contributed by atoms with Crippen molar-refractivity contribution in [2.45, 2.75) is 20.0 Å². The molecule has 0 spiro atoms. The summed E-state index contributed by atoms with van der Waals surface area (Å²) in [6, 6.07) is 14.0. The Bertz CT molecular complexity index is 799. The Balaban J connectivity index is 2.14.